The van der Waals surface area contributed by atoms with Gasteiger partial charge in [-0.3, -0.25) is 9.59 Å². The molecule has 1 aromatic heterocycles. The predicted octanol–water partition coefficient (Wildman–Crippen LogP) is 3.75. The minimum absolute atomic E-state index is 0.00584. The number of carbonyl (C=O) groups is 2. The van der Waals surface area contributed by atoms with Gasteiger partial charge in [0.05, 0.1) is 11.5 Å². The van der Waals surface area contributed by atoms with Gasteiger partial charge in [-0.2, -0.15) is 0 Å². The van der Waals surface area contributed by atoms with Gasteiger partial charge in [0.2, 0.25) is 11.8 Å². The molecule has 0 aliphatic carbocycles. The minimum Gasteiger partial charge on any atom is -0.451 e. The third-order valence-corrected chi connectivity index (χ3v) is 7.74. The highest BCUT2D eigenvalue weighted by molar-refractivity contribution is 7.91. The smallest absolute Gasteiger partial charge is 0.244 e. The standard InChI is InChI=1S/C25H27N3O5S/c1-17-3-4-18(2)23(13-17)28(25(30)20-9-11-34(31,32)12-10-20)14-24(29)27-21-7-5-19(6-8-21)22-15-33-16-26-22/h3-8,13,15-16,20H,9-12,14H2,1-2H3,(H,27,29). The molecule has 0 spiro atoms. The Labute approximate surface area is 198 Å². The molecule has 0 radical (unpaired) electrons. The van der Waals surface area contributed by atoms with Crippen LogP contribution in [0.15, 0.2) is 59.5 Å². The van der Waals surface area contributed by atoms with E-state index in [1.165, 1.54) is 17.6 Å². The molecule has 1 saturated heterocycles. The van der Waals surface area contributed by atoms with E-state index in [2.05, 4.69) is 10.3 Å². The fourth-order valence-electron chi connectivity index (χ4n) is 4.07. The van der Waals surface area contributed by atoms with Crippen molar-refractivity contribution in [3.05, 3.63) is 66.2 Å². The average molecular weight is 482 g/mol. The summed E-state index contributed by atoms with van der Waals surface area (Å²) in [6, 6.07) is 12.9. The molecule has 9 heteroatoms. The van der Waals surface area contributed by atoms with Crippen molar-refractivity contribution in [2.45, 2.75) is 26.7 Å². The molecular weight excluding hydrogens is 454 g/mol. The van der Waals surface area contributed by atoms with Crippen LogP contribution in [0.3, 0.4) is 0 Å². The molecule has 0 atom stereocenters. The van der Waals surface area contributed by atoms with Crippen LogP contribution in [-0.4, -0.2) is 43.3 Å². The lowest BCUT2D eigenvalue weighted by molar-refractivity contribution is -0.124. The number of benzene rings is 2. The fraction of sp³-hybridized carbons (Fsp3) is 0.320. The van der Waals surface area contributed by atoms with Gasteiger partial charge in [0.25, 0.3) is 0 Å². The normalized spacial score (nSPS) is 15.6. The Morgan fingerprint density at radius 2 is 1.79 bits per heavy atom. The highest BCUT2D eigenvalue weighted by atomic mass is 32.2. The number of oxazole rings is 1. The van der Waals surface area contributed by atoms with Crippen molar-refractivity contribution < 1.29 is 22.4 Å². The second kappa shape index (κ2) is 9.80. The van der Waals surface area contributed by atoms with Gasteiger partial charge >= 0.3 is 0 Å². The van der Waals surface area contributed by atoms with Gasteiger partial charge in [0, 0.05) is 22.9 Å². The molecule has 178 valence electrons. The van der Waals surface area contributed by atoms with E-state index in [4.69, 9.17) is 4.42 Å². The van der Waals surface area contributed by atoms with Crippen molar-refractivity contribution in [2.24, 2.45) is 5.92 Å². The molecule has 2 heterocycles. The number of sulfone groups is 1. The van der Waals surface area contributed by atoms with Crippen LogP contribution in [0.5, 0.6) is 0 Å². The van der Waals surface area contributed by atoms with E-state index in [1.807, 2.05) is 44.2 Å². The Bertz CT molecular complexity index is 1270. The van der Waals surface area contributed by atoms with Gasteiger partial charge in [-0.05, 0) is 56.0 Å². The second-order valence-corrected chi connectivity index (χ2v) is 10.9. The number of hydrogen-bond donors (Lipinski definition) is 1. The van der Waals surface area contributed by atoms with Crippen molar-refractivity contribution in [1.82, 2.24) is 4.98 Å². The van der Waals surface area contributed by atoms with E-state index < -0.39 is 15.8 Å². The summed E-state index contributed by atoms with van der Waals surface area (Å²) in [5.41, 5.74) is 4.63. The van der Waals surface area contributed by atoms with Crippen LogP contribution in [-0.2, 0) is 19.4 Å². The number of aryl methyl sites for hydroxylation is 2. The number of carbonyl (C=O) groups excluding carboxylic acids is 2. The van der Waals surface area contributed by atoms with Crippen LogP contribution in [0.1, 0.15) is 24.0 Å². The summed E-state index contributed by atoms with van der Waals surface area (Å²) in [6.45, 7) is 3.65. The zero-order valence-electron chi connectivity index (χ0n) is 19.2. The van der Waals surface area contributed by atoms with Crippen LogP contribution in [0, 0.1) is 19.8 Å². The Morgan fingerprint density at radius 3 is 2.44 bits per heavy atom. The Hall–Kier alpha value is -3.46. The number of amides is 2. The number of anilines is 2. The lowest BCUT2D eigenvalue weighted by atomic mass is 9.99. The van der Waals surface area contributed by atoms with Crippen molar-refractivity contribution in [2.75, 3.05) is 28.3 Å². The maximum Gasteiger partial charge on any atom is 0.244 e. The Kier molecular flexibility index (Phi) is 6.83. The first kappa shape index (κ1) is 23.7. The predicted molar refractivity (Wildman–Crippen MR) is 130 cm³/mol. The molecule has 2 aromatic carbocycles. The molecule has 3 aromatic rings. The molecule has 0 saturated carbocycles. The summed E-state index contributed by atoms with van der Waals surface area (Å²) in [7, 11) is -3.10. The molecule has 34 heavy (non-hydrogen) atoms. The van der Waals surface area contributed by atoms with Crippen LogP contribution in [0.25, 0.3) is 11.3 Å². The molecule has 1 aliphatic heterocycles. The monoisotopic (exact) mass is 481 g/mol. The molecule has 4 rings (SSSR count). The average Bonchev–Trinajstić information content (AvgIpc) is 3.34. The van der Waals surface area contributed by atoms with Crippen molar-refractivity contribution in [3.8, 4) is 11.3 Å². The van der Waals surface area contributed by atoms with Gasteiger partial charge < -0.3 is 14.6 Å². The van der Waals surface area contributed by atoms with E-state index in [1.54, 1.807) is 12.1 Å². The van der Waals surface area contributed by atoms with Crippen LogP contribution >= 0.6 is 0 Å². The molecule has 0 bridgehead atoms. The Balaban J connectivity index is 1.52. The molecule has 8 nitrogen and oxygen atoms in total. The van der Waals surface area contributed by atoms with Gasteiger partial charge in [-0.1, -0.05) is 24.3 Å². The topological polar surface area (TPSA) is 110 Å². The van der Waals surface area contributed by atoms with Gasteiger partial charge in [0.1, 0.15) is 28.3 Å². The molecule has 1 aliphatic rings. The molecule has 1 N–H and O–H groups in total. The number of rotatable bonds is 6. The molecular formula is C25H27N3O5S. The first-order valence-corrected chi connectivity index (χ1v) is 12.9. The lowest BCUT2D eigenvalue weighted by Crippen LogP contribution is -2.44. The van der Waals surface area contributed by atoms with Gasteiger partial charge in [0.15, 0.2) is 6.39 Å². The summed E-state index contributed by atoms with van der Waals surface area (Å²) < 4.78 is 28.7. The fourth-order valence-corrected chi connectivity index (χ4v) is 5.56. The van der Waals surface area contributed by atoms with E-state index in [0.29, 0.717) is 17.1 Å². The van der Waals surface area contributed by atoms with Crippen LogP contribution < -0.4 is 10.2 Å². The quantitative estimate of drug-likeness (QED) is 0.574. The van der Waals surface area contributed by atoms with Crippen LogP contribution in [0.4, 0.5) is 11.4 Å². The second-order valence-electron chi connectivity index (χ2n) is 8.64. The summed E-state index contributed by atoms with van der Waals surface area (Å²) in [5.74, 6) is -1.01. The van der Waals surface area contributed by atoms with Crippen molar-refractivity contribution in [1.29, 1.82) is 0 Å². The summed E-state index contributed by atoms with van der Waals surface area (Å²) in [6.07, 6.45) is 3.44. The number of nitrogens with zero attached hydrogens (tertiary/aromatic N) is 2. The summed E-state index contributed by atoms with van der Waals surface area (Å²) in [5, 5.41) is 2.85. The third-order valence-electron chi connectivity index (χ3n) is 6.02. The molecule has 1 fully saturated rings. The molecule has 0 unspecified atom stereocenters. The minimum atomic E-state index is -3.10. The number of aromatic nitrogens is 1. The third kappa shape index (κ3) is 5.53. The number of hydrogen-bond acceptors (Lipinski definition) is 6. The van der Waals surface area contributed by atoms with E-state index in [-0.39, 0.29) is 42.7 Å². The highest BCUT2D eigenvalue weighted by Gasteiger charge is 2.33. The first-order valence-electron chi connectivity index (χ1n) is 11.1. The van der Waals surface area contributed by atoms with E-state index in [9.17, 15) is 18.0 Å². The maximum atomic E-state index is 13.5. The summed E-state index contributed by atoms with van der Waals surface area (Å²) >= 11 is 0. The zero-order valence-corrected chi connectivity index (χ0v) is 20.0. The molecule has 2 amide bonds. The van der Waals surface area contributed by atoms with Gasteiger partial charge in [-0.15, -0.1) is 0 Å². The first-order chi connectivity index (χ1) is 16.2. The number of nitrogens with one attached hydrogen (secondary N) is 1. The summed E-state index contributed by atoms with van der Waals surface area (Å²) in [4.78, 5) is 32.0. The lowest BCUT2D eigenvalue weighted by Gasteiger charge is -2.30. The SMILES string of the molecule is Cc1ccc(C)c(N(CC(=O)Nc2ccc(-c3cocn3)cc2)C(=O)C2CCS(=O)(=O)CC2)c1. The van der Waals surface area contributed by atoms with Crippen molar-refractivity contribution >= 4 is 33.0 Å². The van der Waals surface area contributed by atoms with E-state index >= 15 is 0 Å². The largest absolute Gasteiger partial charge is 0.451 e. The van der Waals surface area contributed by atoms with E-state index in [0.717, 1.165) is 16.7 Å². The van der Waals surface area contributed by atoms with Crippen molar-refractivity contribution in [3.63, 3.8) is 0 Å². The van der Waals surface area contributed by atoms with Crippen LogP contribution in [0.2, 0.25) is 0 Å². The Morgan fingerprint density at radius 1 is 1.09 bits per heavy atom. The maximum absolute atomic E-state index is 13.5. The highest BCUT2D eigenvalue weighted by Crippen LogP contribution is 2.28. The zero-order chi connectivity index (χ0) is 24.3. The van der Waals surface area contributed by atoms with Gasteiger partial charge in [-0.25, -0.2) is 13.4 Å².